The van der Waals surface area contributed by atoms with Crippen molar-refractivity contribution < 1.29 is 21.9 Å². The standard InChI is InChI=1S/C60H51BN4Si2/c1-66(2,3)58-32-17-15-28-52(58)64-54-30-19-31-55-60(54)61(46-36-34-40(38-56(46)64)62-48-24-11-7-20-42(48)43-21-8-12-25-49(43)62)47-37-35-41(39-57(47)65(55)53-29-16-18-33-59(53)67(4,5)6)63-50-26-13-9-22-44(50)45-23-10-14-27-51(45)63/h7-39H,1-6H3/i7D,8D,9D,10D,11D,12D,13D,14D,20D,21D,22D,23D,24D,25D,26D,27D. The topological polar surface area (TPSA) is 16.3 Å². The minimum atomic E-state index is -2.19. The Bertz CT molecular complexity index is 4330. The first kappa shape index (κ1) is 26.7. The van der Waals surface area contributed by atoms with Crippen molar-refractivity contribution in [1.82, 2.24) is 9.13 Å². The molecule has 0 bridgehead atoms. The van der Waals surface area contributed by atoms with E-state index in [2.05, 4.69) is 85.5 Å². The van der Waals surface area contributed by atoms with Gasteiger partial charge >= 0.3 is 0 Å². The molecular weight excluding hydrogens is 844 g/mol. The van der Waals surface area contributed by atoms with Crippen molar-refractivity contribution in [1.29, 1.82) is 0 Å². The lowest BCUT2D eigenvalue weighted by Gasteiger charge is -2.45. The second-order valence-electron chi connectivity index (χ2n) is 19.4. The van der Waals surface area contributed by atoms with Gasteiger partial charge in [-0.3, -0.25) is 0 Å². The largest absolute Gasteiger partial charge is 0.311 e. The van der Waals surface area contributed by atoms with E-state index in [0.717, 1.165) is 49.5 Å². The average Bonchev–Trinajstić information content (AvgIpc) is 1.77. The summed E-state index contributed by atoms with van der Waals surface area (Å²) in [5.74, 6) is 0. The number of hydrogen-bond acceptors (Lipinski definition) is 2. The molecule has 0 N–H and O–H groups in total. The maximum Gasteiger partial charge on any atom is 0.252 e. The maximum atomic E-state index is 9.40. The lowest BCUT2D eigenvalue weighted by atomic mass is 9.33. The van der Waals surface area contributed by atoms with Gasteiger partial charge in [0.05, 0.1) is 60.1 Å². The Morgan fingerprint density at radius 3 is 1.09 bits per heavy atom. The summed E-state index contributed by atoms with van der Waals surface area (Å²) < 4.78 is 148. The molecule has 0 saturated carbocycles. The summed E-state index contributed by atoms with van der Waals surface area (Å²) in [6.45, 7) is 13.2. The van der Waals surface area contributed by atoms with Crippen LogP contribution in [0.1, 0.15) is 21.9 Å². The van der Waals surface area contributed by atoms with E-state index in [0.29, 0.717) is 22.7 Å². The van der Waals surface area contributed by atoms with Crippen molar-refractivity contribution in [3.8, 4) is 11.4 Å². The first-order valence-electron chi connectivity index (χ1n) is 30.4. The van der Waals surface area contributed by atoms with Crippen molar-refractivity contribution in [2.75, 3.05) is 9.80 Å². The highest BCUT2D eigenvalue weighted by atomic mass is 28.3. The monoisotopic (exact) mass is 910 g/mol. The zero-order valence-electron chi connectivity index (χ0n) is 53.7. The van der Waals surface area contributed by atoms with Crippen LogP contribution in [-0.2, 0) is 0 Å². The summed E-state index contributed by atoms with van der Waals surface area (Å²) in [6.07, 6.45) is 0. The molecule has 0 spiro atoms. The molecule has 4 nitrogen and oxygen atoms in total. The summed E-state index contributed by atoms with van der Waals surface area (Å²) in [7, 11) is -4.38. The highest BCUT2D eigenvalue weighted by molar-refractivity contribution is 7.00. The van der Waals surface area contributed by atoms with Gasteiger partial charge in [0, 0.05) is 67.0 Å². The van der Waals surface area contributed by atoms with Crippen molar-refractivity contribution in [3.63, 3.8) is 0 Å². The van der Waals surface area contributed by atoms with Crippen LogP contribution >= 0.6 is 0 Å². The van der Waals surface area contributed by atoms with Crippen LogP contribution in [0.25, 0.3) is 55.0 Å². The molecule has 2 aliphatic rings. The first-order valence-corrected chi connectivity index (χ1v) is 29.4. The van der Waals surface area contributed by atoms with Crippen LogP contribution in [0, 0.1) is 0 Å². The molecular formula is C60H51BN4Si2. The fourth-order valence-corrected chi connectivity index (χ4v) is 13.8. The molecule has 0 amide bonds. The van der Waals surface area contributed by atoms with Crippen molar-refractivity contribution in [2.45, 2.75) is 39.3 Å². The van der Waals surface area contributed by atoms with E-state index in [1.807, 2.05) is 66.7 Å². The molecule has 13 rings (SSSR count). The number of aromatic nitrogens is 2. The van der Waals surface area contributed by atoms with Crippen LogP contribution in [0.2, 0.25) is 39.3 Å². The molecule has 2 aliphatic heterocycles. The molecule has 0 unspecified atom stereocenters. The summed E-state index contributed by atoms with van der Waals surface area (Å²) in [4.78, 5) is 4.50. The van der Waals surface area contributed by atoms with E-state index in [1.54, 1.807) is 9.13 Å². The lowest BCUT2D eigenvalue weighted by Crippen LogP contribution is -2.62. The number of para-hydroxylation sites is 6. The first-order chi connectivity index (χ1) is 39.2. The summed E-state index contributed by atoms with van der Waals surface area (Å²) in [5.41, 5.74) is 8.28. The van der Waals surface area contributed by atoms with E-state index >= 15 is 0 Å². The van der Waals surface area contributed by atoms with Gasteiger partial charge in [0.15, 0.2) is 0 Å². The third kappa shape index (κ3) is 5.90. The number of nitrogens with zero attached hydrogens (tertiary/aromatic N) is 4. The molecule has 0 radical (unpaired) electrons. The van der Waals surface area contributed by atoms with Gasteiger partial charge in [-0.05, 0) is 99.5 Å². The normalized spacial score (nSPS) is 16.8. The molecule has 2 aromatic heterocycles. The Morgan fingerprint density at radius 2 is 0.716 bits per heavy atom. The van der Waals surface area contributed by atoms with Crippen molar-refractivity contribution in [2.24, 2.45) is 0 Å². The molecule has 11 aromatic rings. The van der Waals surface area contributed by atoms with E-state index in [4.69, 9.17) is 11.0 Å². The Hall–Kier alpha value is -7.32. The van der Waals surface area contributed by atoms with Crippen molar-refractivity contribution in [3.05, 3.63) is 200 Å². The van der Waals surface area contributed by atoms with E-state index in [-0.39, 0.29) is 43.6 Å². The molecule has 0 saturated heterocycles. The molecule has 0 fully saturated rings. The maximum absolute atomic E-state index is 9.40. The highest BCUT2D eigenvalue weighted by Crippen LogP contribution is 2.46. The summed E-state index contributed by atoms with van der Waals surface area (Å²) in [5, 5.41) is 2.18. The molecule has 4 heterocycles. The minimum Gasteiger partial charge on any atom is -0.311 e. The van der Waals surface area contributed by atoms with Gasteiger partial charge in [-0.2, -0.15) is 0 Å². The molecule has 322 valence electrons. The number of hydrogen-bond donors (Lipinski definition) is 0. The summed E-state index contributed by atoms with van der Waals surface area (Å²) in [6, 6.07) is 26.7. The van der Waals surface area contributed by atoms with Gasteiger partial charge in [0.25, 0.3) is 6.71 Å². The Balaban J connectivity index is 1.18. The number of fused-ring (bicyclic) bond motifs is 10. The minimum absolute atomic E-state index is 0.00229. The molecule has 67 heavy (non-hydrogen) atoms. The summed E-state index contributed by atoms with van der Waals surface area (Å²) >= 11 is 0. The quantitative estimate of drug-likeness (QED) is 0.155. The fourth-order valence-electron chi connectivity index (χ4n) is 10.7. The van der Waals surface area contributed by atoms with Crippen molar-refractivity contribution >= 4 is 127 Å². The van der Waals surface area contributed by atoms with Crippen LogP contribution in [0.4, 0.5) is 34.1 Å². The Labute approximate surface area is 417 Å². The number of rotatable bonds is 6. The van der Waals surface area contributed by atoms with Crippen LogP contribution in [0.5, 0.6) is 0 Å². The zero-order valence-corrected chi connectivity index (χ0v) is 39.7. The molecule has 7 heteroatoms. The highest BCUT2D eigenvalue weighted by Gasteiger charge is 2.45. The SMILES string of the molecule is [2H]c1c([2H])c([2H])c2c(c1[2H])c1c([2H])c([2H])c([2H])c([2H])c1n2-c1ccc2c(c1)N(c1ccccc1[Si](C)(C)C)c1cccc3c1B2c1ccc(-n2c4c([2H])c([2H])c([2H])c([2H])c4c4c([2H])c([2H])c([2H])c([2H])c42)cc1N3c1ccccc1[Si](C)(C)C. The fraction of sp³-hybridized carbons (Fsp3) is 0.100. The predicted octanol–water partition coefficient (Wildman–Crippen LogP) is 13.1. The second-order valence-corrected chi connectivity index (χ2v) is 29.5. The van der Waals surface area contributed by atoms with Gasteiger partial charge in [-0.15, -0.1) is 0 Å². The van der Waals surface area contributed by atoms with Crippen LogP contribution in [0.3, 0.4) is 0 Å². The van der Waals surface area contributed by atoms with Gasteiger partial charge in [-0.1, -0.05) is 166 Å². The lowest BCUT2D eigenvalue weighted by molar-refractivity contribution is 1.17. The molecule has 9 aromatic carbocycles. The number of anilines is 6. The van der Waals surface area contributed by atoms with Gasteiger partial charge < -0.3 is 18.9 Å². The predicted molar refractivity (Wildman–Crippen MR) is 295 cm³/mol. The van der Waals surface area contributed by atoms with E-state index in [1.165, 1.54) is 0 Å². The van der Waals surface area contributed by atoms with E-state index in [9.17, 15) is 11.0 Å². The van der Waals surface area contributed by atoms with Crippen LogP contribution < -0.4 is 36.6 Å². The smallest absolute Gasteiger partial charge is 0.252 e. The van der Waals surface area contributed by atoms with Gasteiger partial charge in [0.2, 0.25) is 0 Å². The third-order valence-electron chi connectivity index (χ3n) is 13.5. The zero-order chi connectivity index (χ0) is 59.3. The van der Waals surface area contributed by atoms with Gasteiger partial charge in [0.1, 0.15) is 0 Å². The Morgan fingerprint density at radius 1 is 0.373 bits per heavy atom. The molecule has 0 atom stereocenters. The third-order valence-corrected chi connectivity index (χ3v) is 17.5. The van der Waals surface area contributed by atoms with Crippen LogP contribution in [-0.4, -0.2) is 32.0 Å². The second kappa shape index (κ2) is 14.6. The Kier molecular flexibility index (Phi) is 5.82. The number of benzene rings is 9. The van der Waals surface area contributed by atoms with E-state index < -0.39 is 120 Å². The van der Waals surface area contributed by atoms with Gasteiger partial charge in [-0.25, -0.2) is 0 Å². The molecule has 0 aliphatic carbocycles. The average molecular weight is 911 g/mol. The van der Waals surface area contributed by atoms with Crippen LogP contribution in [0.15, 0.2) is 200 Å².